The second-order valence-electron chi connectivity index (χ2n) is 3.03. The largest absolute Gasteiger partial charge is 0.490 e. The molecule has 14 heavy (non-hydrogen) atoms. The minimum atomic E-state index is -1.44. The summed E-state index contributed by atoms with van der Waals surface area (Å²) in [6.07, 6.45) is 0.875. The highest BCUT2D eigenvalue weighted by Gasteiger charge is 2.16. The van der Waals surface area contributed by atoms with Crippen LogP contribution in [0.4, 0.5) is 0 Å². The number of aromatic nitrogens is 1. The average molecular weight is 207 g/mol. The van der Waals surface area contributed by atoms with E-state index in [0.717, 1.165) is 16.1 Å². The molecular formula is C9H10BNO2S. The van der Waals surface area contributed by atoms with E-state index in [1.54, 1.807) is 17.4 Å². The van der Waals surface area contributed by atoms with Gasteiger partial charge in [-0.2, -0.15) is 0 Å². The number of rotatable bonds is 2. The molecule has 1 heterocycles. The third-order valence-corrected chi connectivity index (χ3v) is 3.24. The SMILES string of the molecule is CCc1nc2c(B(O)O)cccc2s1. The normalized spacial score (nSPS) is 10.8. The van der Waals surface area contributed by atoms with Gasteiger partial charge in [0.15, 0.2) is 0 Å². The number of hydrogen-bond donors (Lipinski definition) is 2. The van der Waals surface area contributed by atoms with Crippen molar-refractivity contribution in [3.63, 3.8) is 0 Å². The van der Waals surface area contributed by atoms with Crippen molar-refractivity contribution in [3.8, 4) is 0 Å². The third kappa shape index (κ3) is 1.54. The molecule has 2 aromatic rings. The molecule has 1 aromatic heterocycles. The Morgan fingerprint density at radius 2 is 2.21 bits per heavy atom. The summed E-state index contributed by atoms with van der Waals surface area (Å²) in [5.41, 5.74) is 1.20. The second-order valence-corrected chi connectivity index (χ2v) is 4.14. The molecule has 0 aliphatic heterocycles. The summed E-state index contributed by atoms with van der Waals surface area (Å²) in [5.74, 6) is 0. The summed E-state index contributed by atoms with van der Waals surface area (Å²) in [7, 11) is -1.44. The first-order valence-corrected chi connectivity index (χ1v) is 5.28. The molecule has 0 atom stereocenters. The Morgan fingerprint density at radius 1 is 1.43 bits per heavy atom. The van der Waals surface area contributed by atoms with Crippen molar-refractivity contribution in [1.29, 1.82) is 0 Å². The van der Waals surface area contributed by atoms with E-state index in [-0.39, 0.29) is 0 Å². The molecule has 3 nitrogen and oxygen atoms in total. The summed E-state index contributed by atoms with van der Waals surface area (Å²) in [6, 6.07) is 5.44. The maximum Gasteiger partial charge on any atom is 0.490 e. The molecule has 0 saturated heterocycles. The van der Waals surface area contributed by atoms with E-state index in [0.29, 0.717) is 11.0 Å². The van der Waals surface area contributed by atoms with Gasteiger partial charge < -0.3 is 10.0 Å². The highest BCUT2D eigenvalue weighted by atomic mass is 32.1. The molecule has 0 amide bonds. The summed E-state index contributed by atoms with van der Waals surface area (Å²) >= 11 is 1.60. The van der Waals surface area contributed by atoms with E-state index in [2.05, 4.69) is 4.98 Å². The molecule has 0 unspecified atom stereocenters. The lowest BCUT2D eigenvalue weighted by Crippen LogP contribution is -2.30. The lowest BCUT2D eigenvalue weighted by atomic mass is 9.79. The Labute approximate surface area is 86.2 Å². The summed E-state index contributed by atoms with van der Waals surface area (Å²) in [4.78, 5) is 4.35. The van der Waals surface area contributed by atoms with Crippen molar-refractivity contribution in [2.24, 2.45) is 0 Å². The third-order valence-electron chi connectivity index (χ3n) is 2.08. The standard InChI is InChI=1S/C9H10BNO2S/c1-2-8-11-9-6(10(12)13)4-3-5-7(9)14-8/h3-5,12-13H,2H2,1H3. The van der Waals surface area contributed by atoms with Crippen LogP contribution in [0.5, 0.6) is 0 Å². The van der Waals surface area contributed by atoms with Gasteiger partial charge >= 0.3 is 7.12 Å². The minimum absolute atomic E-state index is 0.485. The topological polar surface area (TPSA) is 53.4 Å². The van der Waals surface area contributed by atoms with Gasteiger partial charge in [0.05, 0.1) is 15.2 Å². The second kappa shape index (κ2) is 3.69. The van der Waals surface area contributed by atoms with Crippen LogP contribution in [0.25, 0.3) is 10.2 Å². The Kier molecular flexibility index (Phi) is 2.54. The molecule has 1 aromatic carbocycles. The lowest BCUT2D eigenvalue weighted by molar-refractivity contribution is 0.426. The van der Waals surface area contributed by atoms with Crippen LogP contribution in [-0.4, -0.2) is 22.2 Å². The smallest absolute Gasteiger partial charge is 0.423 e. The molecule has 0 aliphatic carbocycles. The van der Waals surface area contributed by atoms with Crippen LogP contribution in [0.1, 0.15) is 11.9 Å². The first-order chi connectivity index (χ1) is 6.72. The number of nitrogens with zero attached hydrogens (tertiary/aromatic N) is 1. The van der Waals surface area contributed by atoms with Crippen molar-refractivity contribution in [2.45, 2.75) is 13.3 Å². The van der Waals surface area contributed by atoms with Crippen LogP contribution in [0, 0.1) is 0 Å². The van der Waals surface area contributed by atoms with Crippen molar-refractivity contribution in [1.82, 2.24) is 4.98 Å². The predicted molar refractivity (Wildman–Crippen MR) is 58.8 cm³/mol. The number of aryl methyl sites for hydroxylation is 1. The zero-order valence-electron chi connectivity index (χ0n) is 7.77. The van der Waals surface area contributed by atoms with E-state index >= 15 is 0 Å². The van der Waals surface area contributed by atoms with Gasteiger partial charge in [0.2, 0.25) is 0 Å². The molecular weight excluding hydrogens is 197 g/mol. The molecule has 5 heteroatoms. The maximum atomic E-state index is 9.12. The van der Waals surface area contributed by atoms with Crippen LogP contribution in [0.2, 0.25) is 0 Å². The number of thiazole rings is 1. The van der Waals surface area contributed by atoms with Gasteiger partial charge in [0.1, 0.15) is 0 Å². The summed E-state index contributed by atoms with van der Waals surface area (Å²) in [6.45, 7) is 2.03. The summed E-state index contributed by atoms with van der Waals surface area (Å²) < 4.78 is 1.01. The first kappa shape index (κ1) is 9.64. The first-order valence-electron chi connectivity index (χ1n) is 4.47. The van der Waals surface area contributed by atoms with E-state index in [1.807, 2.05) is 19.1 Å². The van der Waals surface area contributed by atoms with Crippen LogP contribution < -0.4 is 5.46 Å². The highest BCUT2D eigenvalue weighted by Crippen LogP contribution is 2.20. The Morgan fingerprint density at radius 3 is 2.86 bits per heavy atom. The summed E-state index contributed by atoms with van der Waals surface area (Å²) in [5, 5.41) is 19.3. The van der Waals surface area contributed by atoms with E-state index in [1.165, 1.54) is 0 Å². The molecule has 0 radical (unpaired) electrons. The molecule has 0 aliphatic rings. The van der Waals surface area contributed by atoms with E-state index in [9.17, 15) is 0 Å². The van der Waals surface area contributed by atoms with Crippen LogP contribution in [-0.2, 0) is 6.42 Å². The van der Waals surface area contributed by atoms with Crippen LogP contribution >= 0.6 is 11.3 Å². The van der Waals surface area contributed by atoms with Gasteiger partial charge in [-0.3, -0.25) is 0 Å². The Bertz CT molecular complexity index is 455. The van der Waals surface area contributed by atoms with Gasteiger partial charge in [-0.25, -0.2) is 4.98 Å². The number of fused-ring (bicyclic) bond motifs is 1. The Balaban J connectivity index is 2.66. The quantitative estimate of drug-likeness (QED) is 0.706. The fourth-order valence-corrected chi connectivity index (χ4v) is 2.32. The predicted octanol–water partition coefficient (Wildman–Crippen LogP) is 0.539. The fraction of sp³-hybridized carbons (Fsp3) is 0.222. The molecule has 2 rings (SSSR count). The lowest BCUT2D eigenvalue weighted by Gasteiger charge is -1.98. The van der Waals surface area contributed by atoms with Gasteiger partial charge in [-0.05, 0) is 12.5 Å². The van der Waals surface area contributed by atoms with Crippen molar-refractivity contribution in [3.05, 3.63) is 23.2 Å². The molecule has 72 valence electrons. The fourth-order valence-electron chi connectivity index (χ4n) is 1.38. The molecule has 0 spiro atoms. The van der Waals surface area contributed by atoms with E-state index < -0.39 is 7.12 Å². The zero-order valence-corrected chi connectivity index (χ0v) is 8.58. The van der Waals surface area contributed by atoms with Crippen molar-refractivity contribution in [2.75, 3.05) is 0 Å². The zero-order chi connectivity index (χ0) is 10.1. The van der Waals surface area contributed by atoms with Crippen LogP contribution in [0.3, 0.4) is 0 Å². The highest BCUT2D eigenvalue weighted by molar-refractivity contribution is 7.18. The van der Waals surface area contributed by atoms with E-state index in [4.69, 9.17) is 10.0 Å². The number of para-hydroxylation sites is 1. The molecule has 2 N–H and O–H groups in total. The number of hydrogen-bond acceptors (Lipinski definition) is 4. The van der Waals surface area contributed by atoms with Gasteiger partial charge in [-0.1, -0.05) is 19.1 Å². The average Bonchev–Trinajstić information content (AvgIpc) is 2.59. The number of benzene rings is 1. The van der Waals surface area contributed by atoms with Gasteiger partial charge in [0.25, 0.3) is 0 Å². The minimum Gasteiger partial charge on any atom is -0.423 e. The van der Waals surface area contributed by atoms with Gasteiger partial charge in [0, 0.05) is 5.46 Å². The van der Waals surface area contributed by atoms with Crippen LogP contribution in [0.15, 0.2) is 18.2 Å². The molecule has 0 saturated carbocycles. The van der Waals surface area contributed by atoms with Gasteiger partial charge in [-0.15, -0.1) is 11.3 Å². The molecule has 0 fully saturated rings. The van der Waals surface area contributed by atoms with Crippen molar-refractivity contribution >= 4 is 34.1 Å². The van der Waals surface area contributed by atoms with Crippen molar-refractivity contribution < 1.29 is 10.0 Å². The molecule has 0 bridgehead atoms. The monoisotopic (exact) mass is 207 g/mol. The maximum absolute atomic E-state index is 9.12. The Hall–Kier alpha value is -0.905.